The Hall–Kier alpha value is -0.710. The van der Waals surface area contributed by atoms with Crippen molar-refractivity contribution in [1.82, 2.24) is 5.32 Å². The minimum absolute atomic E-state index is 0.287. The summed E-state index contributed by atoms with van der Waals surface area (Å²) in [5.74, 6) is 1.09. The SMILES string of the molecule is CC(=O)N[C@@H](CSCCC1CC1)C(=O)O. The van der Waals surface area contributed by atoms with Crippen molar-refractivity contribution in [2.24, 2.45) is 5.92 Å². The van der Waals surface area contributed by atoms with Gasteiger partial charge in [0.25, 0.3) is 0 Å². The largest absolute Gasteiger partial charge is 0.480 e. The normalized spacial score (nSPS) is 17.1. The van der Waals surface area contributed by atoms with E-state index in [9.17, 15) is 9.59 Å². The van der Waals surface area contributed by atoms with Crippen LogP contribution < -0.4 is 5.32 Å². The van der Waals surface area contributed by atoms with Gasteiger partial charge < -0.3 is 10.4 Å². The number of amides is 1. The molecule has 0 aromatic rings. The zero-order valence-electron chi connectivity index (χ0n) is 8.86. The van der Waals surface area contributed by atoms with E-state index in [1.807, 2.05) is 0 Å². The third kappa shape index (κ3) is 5.67. The number of carbonyl (C=O) groups is 2. The van der Waals surface area contributed by atoms with Crippen molar-refractivity contribution >= 4 is 23.6 Å². The molecule has 2 N–H and O–H groups in total. The first kappa shape index (κ1) is 12.4. The van der Waals surface area contributed by atoms with Crippen LogP contribution in [0.15, 0.2) is 0 Å². The number of rotatable bonds is 7. The Kier molecular flexibility index (Phi) is 4.94. The van der Waals surface area contributed by atoms with Gasteiger partial charge in [0.1, 0.15) is 6.04 Å². The number of aliphatic carboxylic acids is 1. The second-order valence-corrected chi connectivity index (χ2v) is 5.05. The van der Waals surface area contributed by atoms with Gasteiger partial charge in [0.15, 0.2) is 0 Å². The minimum Gasteiger partial charge on any atom is -0.480 e. The molecule has 4 nitrogen and oxygen atoms in total. The molecule has 0 bridgehead atoms. The average molecular weight is 231 g/mol. The molecule has 1 rings (SSSR count). The van der Waals surface area contributed by atoms with Crippen LogP contribution in [0.1, 0.15) is 26.2 Å². The predicted octanol–water partition coefficient (Wildman–Crippen LogP) is 1.11. The predicted molar refractivity (Wildman–Crippen MR) is 59.9 cm³/mol. The minimum atomic E-state index is -0.955. The van der Waals surface area contributed by atoms with E-state index in [-0.39, 0.29) is 5.91 Å². The van der Waals surface area contributed by atoms with Crippen LogP contribution in [-0.2, 0) is 9.59 Å². The first-order valence-electron chi connectivity index (χ1n) is 5.17. The second kappa shape index (κ2) is 6.00. The van der Waals surface area contributed by atoms with Gasteiger partial charge in [-0.2, -0.15) is 11.8 Å². The Morgan fingerprint density at radius 2 is 2.20 bits per heavy atom. The van der Waals surface area contributed by atoms with E-state index in [2.05, 4.69) is 5.32 Å². The van der Waals surface area contributed by atoms with Crippen molar-refractivity contribution in [1.29, 1.82) is 0 Å². The van der Waals surface area contributed by atoms with Gasteiger partial charge in [0.05, 0.1) is 0 Å². The number of carboxylic acid groups (broad SMARTS) is 1. The van der Waals surface area contributed by atoms with Gasteiger partial charge >= 0.3 is 5.97 Å². The first-order chi connectivity index (χ1) is 7.09. The summed E-state index contributed by atoms with van der Waals surface area (Å²) >= 11 is 1.60. The highest BCUT2D eigenvalue weighted by Gasteiger charge is 2.22. The summed E-state index contributed by atoms with van der Waals surface area (Å²) in [6.45, 7) is 1.34. The monoisotopic (exact) mass is 231 g/mol. The molecule has 0 saturated heterocycles. The van der Waals surface area contributed by atoms with Crippen molar-refractivity contribution in [3.05, 3.63) is 0 Å². The Morgan fingerprint density at radius 3 is 2.67 bits per heavy atom. The number of nitrogens with one attached hydrogen (secondary N) is 1. The van der Waals surface area contributed by atoms with Crippen LogP contribution in [-0.4, -0.2) is 34.5 Å². The molecule has 1 atom stereocenters. The summed E-state index contributed by atoms with van der Waals surface area (Å²) < 4.78 is 0. The number of thioether (sulfide) groups is 1. The summed E-state index contributed by atoms with van der Waals surface area (Å²) in [4.78, 5) is 21.5. The molecule has 1 amide bonds. The molecule has 0 unspecified atom stereocenters. The van der Waals surface area contributed by atoms with Gasteiger partial charge in [-0.15, -0.1) is 0 Å². The van der Waals surface area contributed by atoms with Crippen molar-refractivity contribution in [2.75, 3.05) is 11.5 Å². The van der Waals surface area contributed by atoms with Crippen LogP contribution in [0.3, 0.4) is 0 Å². The van der Waals surface area contributed by atoms with Crippen molar-refractivity contribution in [2.45, 2.75) is 32.2 Å². The van der Waals surface area contributed by atoms with Crippen LogP contribution in [0.4, 0.5) is 0 Å². The Bertz CT molecular complexity index is 241. The molecule has 0 aromatic heterocycles. The smallest absolute Gasteiger partial charge is 0.327 e. The van der Waals surface area contributed by atoms with Gasteiger partial charge in [-0.05, 0) is 18.1 Å². The maximum absolute atomic E-state index is 10.7. The standard InChI is InChI=1S/C10H17NO3S/c1-7(12)11-9(10(13)14)6-15-5-4-8-2-3-8/h8-9H,2-6H2,1H3,(H,11,12)(H,13,14)/t9-/m0/s1. The maximum atomic E-state index is 10.7. The molecule has 1 aliphatic rings. The number of carboxylic acids is 1. The Balaban J connectivity index is 2.12. The molecule has 86 valence electrons. The molecule has 0 aliphatic heterocycles. The highest BCUT2D eigenvalue weighted by atomic mass is 32.2. The van der Waals surface area contributed by atoms with Gasteiger partial charge in [-0.1, -0.05) is 12.8 Å². The van der Waals surface area contributed by atoms with Crippen LogP contribution >= 0.6 is 11.8 Å². The van der Waals surface area contributed by atoms with Gasteiger partial charge in [0, 0.05) is 12.7 Å². The highest BCUT2D eigenvalue weighted by Crippen LogP contribution is 2.33. The van der Waals surface area contributed by atoms with Gasteiger partial charge in [0.2, 0.25) is 5.91 Å². The van der Waals surface area contributed by atoms with Crippen LogP contribution in [0.5, 0.6) is 0 Å². The average Bonchev–Trinajstić information content (AvgIpc) is 2.93. The van der Waals surface area contributed by atoms with Gasteiger partial charge in [-0.25, -0.2) is 4.79 Å². The van der Waals surface area contributed by atoms with Gasteiger partial charge in [-0.3, -0.25) is 4.79 Å². The molecule has 0 spiro atoms. The van der Waals surface area contributed by atoms with Crippen LogP contribution in [0.25, 0.3) is 0 Å². The lowest BCUT2D eigenvalue weighted by Crippen LogP contribution is -2.41. The molecular formula is C10H17NO3S. The lowest BCUT2D eigenvalue weighted by molar-refractivity contribution is -0.140. The fourth-order valence-electron chi connectivity index (χ4n) is 1.28. The lowest BCUT2D eigenvalue weighted by Gasteiger charge is -2.12. The first-order valence-corrected chi connectivity index (χ1v) is 6.32. The Morgan fingerprint density at radius 1 is 1.53 bits per heavy atom. The van der Waals surface area contributed by atoms with E-state index in [0.717, 1.165) is 11.7 Å². The molecular weight excluding hydrogens is 214 g/mol. The zero-order chi connectivity index (χ0) is 11.3. The molecule has 1 aliphatic carbocycles. The maximum Gasteiger partial charge on any atom is 0.327 e. The molecule has 1 saturated carbocycles. The highest BCUT2D eigenvalue weighted by molar-refractivity contribution is 7.99. The lowest BCUT2D eigenvalue weighted by atomic mass is 10.3. The number of hydrogen-bond donors (Lipinski definition) is 2. The third-order valence-corrected chi connectivity index (χ3v) is 3.42. The van der Waals surface area contributed by atoms with E-state index >= 15 is 0 Å². The second-order valence-electron chi connectivity index (χ2n) is 3.90. The molecule has 15 heavy (non-hydrogen) atoms. The summed E-state index contributed by atoms with van der Waals surface area (Å²) in [5.41, 5.74) is 0. The van der Waals surface area contributed by atoms with Crippen molar-refractivity contribution in [3.8, 4) is 0 Å². The fourth-order valence-corrected chi connectivity index (χ4v) is 2.41. The third-order valence-electron chi connectivity index (χ3n) is 2.33. The number of hydrogen-bond acceptors (Lipinski definition) is 3. The van der Waals surface area contributed by atoms with E-state index in [1.54, 1.807) is 11.8 Å². The topological polar surface area (TPSA) is 66.4 Å². The molecule has 1 fully saturated rings. The fraction of sp³-hybridized carbons (Fsp3) is 0.800. The van der Waals surface area contributed by atoms with E-state index in [1.165, 1.54) is 26.2 Å². The summed E-state index contributed by atoms with van der Waals surface area (Å²) in [6, 6.07) is -0.744. The Labute approximate surface area is 93.8 Å². The van der Waals surface area contributed by atoms with E-state index in [4.69, 9.17) is 5.11 Å². The van der Waals surface area contributed by atoms with Crippen molar-refractivity contribution < 1.29 is 14.7 Å². The van der Waals surface area contributed by atoms with E-state index in [0.29, 0.717) is 5.75 Å². The quantitative estimate of drug-likeness (QED) is 0.644. The zero-order valence-corrected chi connectivity index (χ0v) is 9.68. The van der Waals surface area contributed by atoms with E-state index < -0.39 is 12.0 Å². The molecule has 5 heteroatoms. The van der Waals surface area contributed by atoms with Crippen LogP contribution in [0.2, 0.25) is 0 Å². The van der Waals surface area contributed by atoms with Crippen LogP contribution in [0, 0.1) is 5.92 Å². The number of carbonyl (C=O) groups excluding carboxylic acids is 1. The summed E-state index contributed by atoms with van der Waals surface area (Å²) in [6.07, 6.45) is 3.83. The molecule has 0 radical (unpaired) electrons. The van der Waals surface area contributed by atoms with Crippen molar-refractivity contribution in [3.63, 3.8) is 0 Å². The summed E-state index contributed by atoms with van der Waals surface area (Å²) in [7, 11) is 0. The summed E-state index contributed by atoms with van der Waals surface area (Å²) in [5, 5.41) is 11.2. The molecule has 0 heterocycles. The molecule has 0 aromatic carbocycles.